The first-order valence-corrected chi connectivity index (χ1v) is 8.36. The third-order valence-electron chi connectivity index (χ3n) is 4.35. The second-order valence-electron chi connectivity index (χ2n) is 6.14. The zero-order valence-corrected chi connectivity index (χ0v) is 13.8. The van der Waals surface area contributed by atoms with Crippen molar-refractivity contribution in [2.45, 2.75) is 19.3 Å². The molecular formula is C19H16N2OS. The van der Waals surface area contributed by atoms with Gasteiger partial charge in [-0.3, -0.25) is 4.79 Å². The number of fused-ring (bicyclic) bond motifs is 2. The van der Waals surface area contributed by atoms with E-state index < -0.39 is 0 Å². The number of nitrogens with zero attached hydrogens (tertiary/aromatic N) is 2. The van der Waals surface area contributed by atoms with Crippen LogP contribution < -0.4 is 4.90 Å². The molecule has 0 fully saturated rings. The number of hydrogen-bond donors (Lipinski definition) is 0. The number of aromatic nitrogens is 1. The van der Waals surface area contributed by atoms with E-state index in [9.17, 15) is 4.79 Å². The molecule has 2 heterocycles. The Bertz CT molecular complexity index is 883. The molecule has 23 heavy (non-hydrogen) atoms. The van der Waals surface area contributed by atoms with Crippen molar-refractivity contribution in [2.24, 2.45) is 0 Å². The van der Waals surface area contributed by atoms with Crippen molar-refractivity contribution in [3.8, 4) is 0 Å². The van der Waals surface area contributed by atoms with Gasteiger partial charge in [0, 0.05) is 11.1 Å². The summed E-state index contributed by atoms with van der Waals surface area (Å²) in [6.45, 7) is 4.34. The lowest BCUT2D eigenvalue weighted by atomic mass is 9.78. The van der Waals surface area contributed by atoms with Crippen molar-refractivity contribution >= 4 is 34.0 Å². The Kier molecular flexibility index (Phi) is 3.10. The summed E-state index contributed by atoms with van der Waals surface area (Å²) in [6, 6.07) is 18.6. The predicted octanol–water partition coefficient (Wildman–Crippen LogP) is 5.06. The van der Waals surface area contributed by atoms with Crippen molar-refractivity contribution in [3.63, 3.8) is 0 Å². The Morgan fingerprint density at radius 2 is 1.74 bits per heavy atom. The normalized spacial score (nSPS) is 15.0. The van der Waals surface area contributed by atoms with Gasteiger partial charge in [0.1, 0.15) is 5.00 Å². The summed E-state index contributed by atoms with van der Waals surface area (Å²) in [7, 11) is 0. The van der Waals surface area contributed by atoms with Gasteiger partial charge < -0.3 is 4.90 Å². The molecule has 1 aromatic heterocycles. The van der Waals surface area contributed by atoms with Crippen molar-refractivity contribution in [1.29, 1.82) is 0 Å². The fraction of sp³-hybridized carbons (Fsp3) is 0.158. The summed E-state index contributed by atoms with van der Waals surface area (Å²) in [5.74, 6) is 0. The molecule has 3 aromatic rings. The lowest BCUT2D eigenvalue weighted by Crippen LogP contribution is -2.30. The third kappa shape index (κ3) is 2.02. The highest BCUT2D eigenvalue weighted by atomic mass is 32.1. The van der Waals surface area contributed by atoms with Crippen molar-refractivity contribution in [1.82, 2.24) is 4.98 Å². The molecule has 0 unspecified atom stereocenters. The summed E-state index contributed by atoms with van der Waals surface area (Å²) in [6.07, 6.45) is 0.840. The van der Waals surface area contributed by atoms with Crippen LogP contribution in [0.2, 0.25) is 0 Å². The van der Waals surface area contributed by atoms with E-state index in [-0.39, 0.29) is 5.41 Å². The molecule has 114 valence electrons. The molecule has 4 heteroatoms. The SMILES string of the molecule is CC1(C)c2ccccc2N(c2ccccc2)c2sc(C=O)nc21. The Labute approximate surface area is 139 Å². The molecule has 0 amide bonds. The van der Waals surface area contributed by atoms with Gasteiger partial charge in [-0.05, 0) is 37.6 Å². The summed E-state index contributed by atoms with van der Waals surface area (Å²) < 4.78 is 0. The van der Waals surface area contributed by atoms with E-state index in [0.29, 0.717) is 5.01 Å². The number of aldehydes is 1. The summed E-state index contributed by atoms with van der Waals surface area (Å²) in [5, 5.41) is 1.55. The van der Waals surface area contributed by atoms with Crippen LogP contribution in [0.5, 0.6) is 0 Å². The Morgan fingerprint density at radius 3 is 2.48 bits per heavy atom. The van der Waals surface area contributed by atoms with Gasteiger partial charge in [-0.2, -0.15) is 0 Å². The molecule has 1 aliphatic heterocycles. The first-order valence-electron chi connectivity index (χ1n) is 7.54. The van der Waals surface area contributed by atoms with Crippen LogP contribution in [0.25, 0.3) is 0 Å². The molecule has 0 radical (unpaired) electrons. The van der Waals surface area contributed by atoms with E-state index in [1.54, 1.807) is 0 Å². The van der Waals surface area contributed by atoms with Crippen molar-refractivity contribution in [2.75, 3.05) is 4.90 Å². The van der Waals surface area contributed by atoms with Crippen molar-refractivity contribution < 1.29 is 4.79 Å². The van der Waals surface area contributed by atoms with Crippen molar-refractivity contribution in [3.05, 3.63) is 70.9 Å². The average Bonchev–Trinajstić information content (AvgIpc) is 3.01. The van der Waals surface area contributed by atoms with Gasteiger partial charge in [0.05, 0.1) is 11.4 Å². The highest BCUT2D eigenvalue weighted by Crippen LogP contribution is 2.53. The smallest absolute Gasteiger partial charge is 0.178 e. The second kappa shape index (κ2) is 5.03. The highest BCUT2D eigenvalue weighted by molar-refractivity contribution is 7.17. The maximum absolute atomic E-state index is 11.3. The maximum atomic E-state index is 11.3. The van der Waals surface area contributed by atoms with E-state index in [2.05, 4.69) is 60.1 Å². The van der Waals surface area contributed by atoms with Gasteiger partial charge in [-0.1, -0.05) is 47.7 Å². The average molecular weight is 320 g/mol. The fourth-order valence-corrected chi connectivity index (χ4v) is 4.28. The third-order valence-corrected chi connectivity index (χ3v) is 5.32. The first-order chi connectivity index (χ1) is 11.1. The molecule has 1 aliphatic rings. The Morgan fingerprint density at radius 1 is 1.04 bits per heavy atom. The van der Waals surface area contributed by atoms with Gasteiger partial charge in [-0.25, -0.2) is 4.98 Å². The fourth-order valence-electron chi connectivity index (χ4n) is 3.20. The van der Waals surface area contributed by atoms with E-state index in [1.807, 2.05) is 18.2 Å². The van der Waals surface area contributed by atoms with Crippen LogP contribution >= 0.6 is 11.3 Å². The molecule has 0 bridgehead atoms. The van der Waals surface area contributed by atoms with Crippen LogP contribution in [-0.2, 0) is 5.41 Å². The number of carbonyl (C=O) groups is 1. The molecule has 0 atom stereocenters. The van der Waals surface area contributed by atoms with Crippen LogP contribution in [0.15, 0.2) is 54.6 Å². The maximum Gasteiger partial charge on any atom is 0.178 e. The molecule has 0 spiro atoms. The minimum absolute atomic E-state index is 0.227. The molecule has 0 saturated carbocycles. The number of carbonyl (C=O) groups excluding carboxylic acids is 1. The zero-order valence-electron chi connectivity index (χ0n) is 13.0. The monoisotopic (exact) mass is 320 g/mol. The Balaban J connectivity index is 2.05. The van der Waals surface area contributed by atoms with Gasteiger partial charge in [0.25, 0.3) is 0 Å². The predicted molar refractivity (Wildman–Crippen MR) is 94.3 cm³/mol. The number of para-hydroxylation sites is 2. The molecule has 0 saturated heterocycles. The van der Waals surface area contributed by atoms with Gasteiger partial charge in [0.15, 0.2) is 11.3 Å². The molecule has 0 aliphatic carbocycles. The highest BCUT2D eigenvalue weighted by Gasteiger charge is 2.39. The van der Waals surface area contributed by atoms with E-state index in [1.165, 1.54) is 16.9 Å². The molecular weight excluding hydrogens is 304 g/mol. The number of rotatable bonds is 2. The van der Waals surface area contributed by atoms with E-state index in [0.717, 1.165) is 28.4 Å². The Hall–Kier alpha value is -2.46. The number of hydrogen-bond acceptors (Lipinski definition) is 4. The number of anilines is 3. The van der Waals surface area contributed by atoms with E-state index >= 15 is 0 Å². The largest absolute Gasteiger partial charge is 0.300 e. The zero-order chi connectivity index (χ0) is 16.0. The van der Waals surface area contributed by atoms with E-state index in [4.69, 9.17) is 0 Å². The second-order valence-corrected chi connectivity index (χ2v) is 7.15. The summed E-state index contributed by atoms with van der Waals surface area (Å²) >= 11 is 1.45. The quantitative estimate of drug-likeness (QED) is 0.618. The molecule has 2 aromatic carbocycles. The topological polar surface area (TPSA) is 33.2 Å². The first kappa shape index (κ1) is 14.2. The molecule has 0 N–H and O–H groups in total. The molecule has 3 nitrogen and oxygen atoms in total. The lowest BCUT2D eigenvalue weighted by Gasteiger charge is -2.38. The van der Waals surface area contributed by atoms with Crippen LogP contribution in [0.1, 0.15) is 34.9 Å². The van der Waals surface area contributed by atoms with Gasteiger partial charge in [0.2, 0.25) is 0 Å². The minimum Gasteiger partial charge on any atom is -0.300 e. The van der Waals surface area contributed by atoms with Crippen LogP contribution in [0.4, 0.5) is 16.4 Å². The molecule has 4 rings (SSSR count). The summed E-state index contributed by atoms with van der Waals surface area (Å²) in [4.78, 5) is 18.1. The van der Waals surface area contributed by atoms with Crippen LogP contribution in [0, 0.1) is 0 Å². The lowest BCUT2D eigenvalue weighted by molar-refractivity contribution is 0.112. The number of thiazole rings is 1. The summed E-state index contributed by atoms with van der Waals surface area (Å²) in [5.41, 5.74) is 4.19. The minimum atomic E-state index is -0.227. The van der Waals surface area contributed by atoms with Gasteiger partial charge >= 0.3 is 0 Å². The van der Waals surface area contributed by atoms with Crippen LogP contribution in [0.3, 0.4) is 0 Å². The standard InChI is InChI=1S/C19H16N2OS/c1-19(2)14-10-6-7-11-15(14)21(13-8-4-3-5-9-13)18-17(19)20-16(12-22)23-18/h3-12H,1-2H3. The number of benzene rings is 2. The van der Waals surface area contributed by atoms with Gasteiger partial charge in [-0.15, -0.1) is 0 Å². The van der Waals surface area contributed by atoms with Crippen LogP contribution in [-0.4, -0.2) is 11.3 Å².